The molecule has 0 fully saturated rings. The maximum absolute atomic E-state index is 14.4. The van der Waals surface area contributed by atoms with Crippen molar-refractivity contribution in [3.63, 3.8) is 0 Å². The summed E-state index contributed by atoms with van der Waals surface area (Å²) in [5.41, 5.74) is 7.08. The van der Waals surface area contributed by atoms with Crippen LogP contribution in [-0.4, -0.2) is 30.7 Å². The minimum atomic E-state index is -2.14. The highest BCUT2D eigenvalue weighted by molar-refractivity contribution is 5.98. The van der Waals surface area contributed by atoms with Crippen LogP contribution in [0.3, 0.4) is 0 Å². The van der Waals surface area contributed by atoms with E-state index < -0.39 is 29.6 Å². The molecule has 0 aromatic heterocycles. The SMILES string of the molecule is COC(C(=O)Nc1cc([C@](Nc2ccc(C(=N)N)cc2)(OC(C)=O)C(=O)NCc2ccccc2)ccc1OCc1ccccc1)c1ccccc1. The van der Waals surface area contributed by atoms with Gasteiger partial charge in [-0.15, -0.1) is 0 Å². The largest absolute Gasteiger partial charge is 0.487 e. The van der Waals surface area contributed by atoms with Crippen molar-refractivity contribution < 1.29 is 28.6 Å². The summed E-state index contributed by atoms with van der Waals surface area (Å²) in [4.78, 5) is 41.0. The maximum atomic E-state index is 14.4. The number of anilines is 2. The Morgan fingerprint density at radius 3 is 2.00 bits per heavy atom. The summed E-state index contributed by atoms with van der Waals surface area (Å²) in [6.45, 7) is 1.51. The summed E-state index contributed by atoms with van der Waals surface area (Å²) in [5.74, 6) is -1.77. The minimum Gasteiger partial charge on any atom is -0.487 e. The highest BCUT2D eigenvalue weighted by Crippen LogP contribution is 2.36. The van der Waals surface area contributed by atoms with Gasteiger partial charge in [0.25, 0.3) is 17.5 Å². The lowest BCUT2D eigenvalue weighted by atomic mass is 9.98. The van der Waals surface area contributed by atoms with Crippen molar-refractivity contribution >= 4 is 35.0 Å². The molecule has 51 heavy (non-hydrogen) atoms. The number of benzene rings is 5. The van der Waals surface area contributed by atoms with Crippen molar-refractivity contribution in [1.82, 2.24) is 5.32 Å². The number of amidine groups is 1. The van der Waals surface area contributed by atoms with Crippen LogP contribution in [0, 0.1) is 5.41 Å². The van der Waals surface area contributed by atoms with E-state index in [9.17, 15) is 14.4 Å². The quantitative estimate of drug-likeness (QED) is 0.0386. The number of esters is 1. The zero-order chi connectivity index (χ0) is 36.2. The van der Waals surface area contributed by atoms with Crippen LogP contribution in [-0.2, 0) is 42.7 Å². The summed E-state index contributed by atoms with van der Waals surface area (Å²) in [6.07, 6.45) is -0.970. The van der Waals surface area contributed by atoms with Gasteiger partial charge >= 0.3 is 5.97 Å². The van der Waals surface area contributed by atoms with Gasteiger partial charge in [0.1, 0.15) is 18.2 Å². The minimum absolute atomic E-state index is 0.127. The van der Waals surface area contributed by atoms with E-state index in [4.69, 9.17) is 25.4 Å². The van der Waals surface area contributed by atoms with Crippen LogP contribution in [0.5, 0.6) is 5.75 Å². The van der Waals surface area contributed by atoms with Gasteiger partial charge in [0.15, 0.2) is 6.10 Å². The van der Waals surface area contributed by atoms with Gasteiger partial charge in [0, 0.05) is 37.4 Å². The van der Waals surface area contributed by atoms with Crippen molar-refractivity contribution in [3.8, 4) is 5.75 Å². The third-order valence-corrected chi connectivity index (χ3v) is 7.89. The van der Waals surface area contributed by atoms with Crippen LogP contribution in [0.2, 0.25) is 0 Å². The summed E-state index contributed by atoms with van der Waals surface area (Å²) in [7, 11) is 1.44. The Labute approximate surface area is 296 Å². The molecule has 2 amide bonds. The lowest BCUT2D eigenvalue weighted by molar-refractivity contribution is -0.165. The lowest BCUT2D eigenvalue weighted by Crippen LogP contribution is -2.52. The first-order valence-electron chi connectivity index (χ1n) is 16.1. The maximum Gasteiger partial charge on any atom is 0.305 e. The molecular weight excluding hydrogens is 646 g/mol. The van der Waals surface area contributed by atoms with Gasteiger partial charge in [-0.05, 0) is 59.2 Å². The normalized spacial score (nSPS) is 12.4. The molecule has 6 N–H and O–H groups in total. The summed E-state index contributed by atoms with van der Waals surface area (Å²) in [5, 5.41) is 16.7. The number of hydrogen-bond donors (Lipinski definition) is 5. The van der Waals surface area contributed by atoms with E-state index in [0.29, 0.717) is 22.6 Å². The molecule has 0 bridgehead atoms. The number of carbonyl (C=O) groups excluding carboxylic acids is 3. The molecule has 11 nitrogen and oxygen atoms in total. The number of nitrogen functional groups attached to an aromatic ring is 1. The van der Waals surface area contributed by atoms with Gasteiger partial charge < -0.3 is 35.9 Å². The number of carbonyl (C=O) groups is 3. The Bertz CT molecular complexity index is 1960. The van der Waals surface area contributed by atoms with Crippen LogP contribution in [0.15, 0.2) is 133 Å². The Hall–Kier alpha value is -6.46. The Kier molecular flexibility index (Phi) is 11.8. The number of amides is 2. The molecule has 11 heteroatoms. The fourth-order valence-corrected chi connectivity index (χ4v) is 5.37. The van der Waals surface area contributed by atoms with E-state index >= 15 is 0 Å². The van der Waals surface area contributed by atoms with E-state index in [2.05, 4.69) is 16.0 Å². The Morgan fingerprint density at radius 1 is 0.804 bits per heavy atom. The zero-order valence-corrected chi connectivity index (χ0v) is 28.2. The second kappa shape index (κ2) is 16.8. The van der Waals surface area contributed by atoms with E-state index in [1.807, 2.05) is 66.7 Å². The second-order valence-electron chi connectivity index (χ2n) is 11.6. The molecule has 0 aliphatic rings. The smallest absolute Gasteiger partial charge is 0.305 e. The average Bonchev–Trinajstić information content (AvgIpc) is 3.14. The van der Waals surface area contributed by atoms with Gasteiger partial charge in [0.05, 0.1) is 5.69 Å². The number of ether oxygens (including phenoxy) is 3. The standard InChI is InChI=1S/C40H39N5O6/c1-27(46)51-40(39(48)43-25-28-12-6-3-7-13-28,45-33-21-18-31(19-22-33)37(41)42)32-20-23-35(50-26-29-14-8-4-9-15-29)34(24-32)44-38(47)36(49-2)30-16-10-5-11-17-30/h3-24,36,45H,25-26H2,1-2H3,(H3,41,42)(H,43,48)(H,44,47)/t36?,40-/m0/s1. The third kappa shape index (κ3) is 9.17. The topological polar surface area (TPSA) is 165 Å². The molecule has 0 spiro atoms. The fraction of sp³-hybridized carbons (Fsp3) is 0.150. The van der Waals surface area contributed by atoms with Gasteiger partial charge in [-0.2, -0.15) is 0 Å². The van der Waals surface area contributed by atoms with Crippen LogP contribution >= 0.6 is 0 Å². The van der Waals surface area contributed by atoms with Crippen LogP contribution < -0.4 is 26.4 Å². The first-order chi connectivity index (χ1) is 24.7. The molecule has 1 unspecified atom stereocenters. The molecule has 5 aromatic rings. The predicted octanol–water partition coefficient (Wildman–Crippen LogP) is 6.02. The van der Waals surface area contributed by atoms with E-state index in [1.165, 1.54) is 20.1 Å². The highest BCUT2D eigenvalue weighted by Gasteiger charge is 2.45. The van der Waals surface area contributed by atoms with Crippen molar-refractivity contribution in [2.24, 2.45) is 5.73 Å². The molecule has 260 valence electrons. The number of nitrogens with two attached hydrogens (primary N) is 1. The van der Waals surface area contributed by atoms with Gasteiger partial charge in [-0.1, -0.05) is 91.0 Å². The first-order valence-corrected chi connectivity index (χ1v) is 16.1. The fourth-order valence-electron chi connectivity index (χ4n) is 5.37. The van der Waals surface area contributed by atoms with Gasteiger partial charge in [-0.3, -0.25) is 19.8 Å². The molecule has 0 saturated heterocycles. The summed E-state index contributed by atoms with van der Waals surface area (Å²) < 4.78 is 17.7. The summed E-state index contributed by atoms with van der Waals surface area (Å²) >= 11 is 0. The summed E-state index contributed by atoms with van der Waals surface area (Å²) in [6, 6.07) is 38.9. The molecule has 0 radical (unpaired) electrons. The lowest BCUT2D eigenvalue weighted by Gasteiger charge is -2.34. The van der Waals surface area contributed by atoms with Crippen LogP contribution in [0.4, 0.5) is 11.4 Å². The number of hydrogen-bond acceptors (Lipinski definition) is 8. The van der Waals surface area contributed by atoms with Gasteiger partial charge in [0.2, 0.25) is 0 Å². The van der Waals surface area contributed by atoms with E-state index in [1.54, 1.807) is 60.7 Å². The molecule has 0 aliphatic heterocycles. The molecule has 0 heterocycles. The van der Waals surface area contributed by atoms with Crippen molar-refractivity contribution in [1.29, 1.82) is 5.41 Å². The number of rotatable bonds is 15. The average molecular weight is 686 g/mol. The molecule has 5 aromatic carbocycles. The van der Waals surface area contributed by atoms with E-state index in [-0.39, 0.29) is 30.2 Å². The Morgan fingerprint density at radius 2 is 1.41 bits per heavy atom. The Balaban J connectivity index is 1.60. The van der Waals surface area contributed by atoms with Gasteiger partial charge in [-0.25, -0.2) is 0 Å². The predicted molar refractivity (Wildman–Crippen MR) is 195 cm³/mol. The molecule has 5 rings (SSSR count). The molecule has 0 saturated carbocycles. The monoisotopic (exact) mass is 685 g/mol. The molecule has 0 aliphatic carbocycles. The van der Waals surface area contributed by atoms with Crippen LogP contribution in [0.1, 0.15) is 40.8 Å². The van der Waals surface area contributed by atoms with Crippen molar-refractivity contribution in [2.75, 3.05) is 17.7 Å². The van der Waals surface area contributed by atoms with E-state index in [0.717, 1.165) is 11.1 Å². The number of nitrogens with one attached hydrogen (secondary N) is 4. The second-order valence-corrected chi connectivity index (χ2v) is 11.6. The zero-order valence-electron chi connectivity index (χ0n) is 28.2. The van der Waals surface area contributed by atoms with Crippen LogP contribution in [0.25, 0.3) is 0 Å². The molecular formula is C40H39N5O6. The number of methoxy groups -OCH3 is 1. The third-order valence-electron chi connectivity index (χ3n) is 7.89. The van der Waals surface area contributed by atoms with Crippen molar-refractivity contribution in [2.45, 2.75) is 31.9 Å². The van der Waals surface area contributed by atoms with Crippen molar-refractivity contribution in [3.05, 3.63) is 161 Å². The highest BCUT2D eigenvalue weighted by atomic mass is 16.6. The first kappa shape index (κ1) is 35.8. The molecule has 2 atom stereocenters.